The maximum atomic E-state index is 4.47. The molecule has 2 aromatic rings. The van der Waals surface area contributed by atoms with Gasteiger partial charge in [-0.3, -0.25) is 4.68 Å². The highest BCUT2D eigenvalue weighted by Crippen LogP contribution is 2.29. The summed E-state index contributed by atoms with van der Waals surface area (Å²) in [6.45, 7) is 4.21. The van der Waals surface area contributed by atoms with Gasteiger partial charge in [-0.05, 0) is 53.2 Å². The van der Waals surface area contributed by atoms with Gasteiger partial charge in [0.1, 0.15) is 0 Å². The fourth-order valence-corrected chi connectivity index (χ4v) is 3.50. The second-order valence-corrected chi connectivity index (χ2v) is 6.32. The Morgan fingerprint density at radius 3 is 2.47 bits per heavy atom. The largest absolute Gasteiger partial charge is 0.271 e. The summed E-state index contributed by atoms with van der Waals surface area (Å²) in [6.07, 6.45) is 0.980. The molecule has 0 saturated heterocycles. The lowest BCUT2D eigenvalue weighted by Crippen LogP contribution is -2.10. The monoisotopic (exact) mass is 384 g/mol. The zero-order chi connectivity index (χ0) is 14.0. The van der Waals surface area contributed by atoms with E-state index in [1.165, 1.54) is 16.8 Å². The van der Waals surface area contributed by atoms with E-state index < -0.39 is 0 Å². The summed E-state index contributed by atoms with van der Waals surface area (Å²) >= 11 is 7.31. The normalized spacial score (nSPS) is 12.7. The first-order chi connectivity index (χ1) is 9.04. The summed E-state index contributed by atoms with van der Waals surface area (Å²) < 4.78 is 3.11. The third-order valence-electron chi connectivity index (χ3n) is 3.52. The molecule has 0 spiro atoms. The molecule has 0 saturated carbocycles. The summed E-state index contributed by atoms with van der Waals surface area (Å²) in [7, 11) is 2.01. The van der Waals surface area contributed by atoms with Crippen LogP contribution in [0, 0.1) is 13.8 Å². The number of alkyl halides is 1. The van der Waals surface area contributed by atoms with E-state index >= 15 is 0 Å². The smallest absolute Gasteiger partial charge is 0.0738 e. The number of benzene rings is 1. The van der Waals surface area contributed by atoms with Gasteiger partial charge in [0.05, 0.1) is 15.9 Å². The van der Waals surface area contributed by atoms with Gasteiger partial charge in [-0.2, -0.15) is 5.10 Å². The third-order valence-corrected chi connectivity index (χ3v) is 5.33. The van der Waals surface area contributed by atoms with Gasteiger partial charge >= 0.3 is 0 Å². The molecule has 0 aliphatic heterocycles. The van der Waals surface area contributed by atoms with Crippen LogP contribution in [0.2, 0.25) is 0 Å². The molecule has 1 aromatic carbocycles. The predicted molar refractivity (Wildman–Crippen MR) is 87.1 cm³/mol. The van der Waals surface area contributed by atoms with Gasteiger partial charge in [-0.15, -0.1) is 0 Å². The number of aryl methyl sites for hydroxylation is 3. The lowest BCUT2D eigenvalue weighted by atomic mass is 9.92. The number of hydrogen-bond donors (Lipinski definition) is 0. The van der Waals surface area contributed by atoms with Crippen LogP contribution in [0.5, 0.6) is 0 Å². The van der Waals surface area contributed by atoms with Crippen LogP contribution >= 0.6 is 31.9 Å². The minimum Gasteiger partial charge on any atom is -0.271 e. The number of hydrogen-bond acceptors (Lipinski definition) is 1. The molecule has 1 aromatic heterocycles. The first-order valence-corrected chi connectivity index (χ1v) is 8.25. The molecule has 2 rings (SSSR count). The lowest BCUT2D eigenvalue weighted by Gasteiger charge is -2.17. The molecule has 1 heterocycles. The van der Waals surface area contributed by atoms with Crippen molar-refractivity contribution in [1.82, 2.24) is 9.78 Å². The van der Waals surface area contributed by atoms with E-state index in [1.807, 2.05) is 18.7 Å². The van der Waals surface area contributed by atoms with Gasteiger partial charge < -0.3 is 0 Å². The molecule has 19 heavy (non-hydrogen) atoms. The van der Waals surface area contributed by atoms with Crippen LogP contribution in [0.3, 0.4) is 0 Å². The Hall–Kier alpha value is -0.610. The number of halogens is 2. The predicted octanol–water partition coefficient (Wildman–Crippen LogP) is 4.52. The van der Waals surface area contributed by atoms with E-state index in [2.05, 4.69) is 68.1 Å². The van der Waals surface area contributed by atoms with Crippen molar-refractivity contribution in [3.05, 3.63) is 51.3 Å². The Kier molecular flexibility index (Phi) is 4.85. The van der Waals surface area contributed by atoms with E-state index in [0.29, 0.717) is 5.92 Å². The fourth-order valence-electron chi connectivity index (χ4n) is 2.43. The molecule has 2 nitrogen and oxygen atoms in total. The van der Waals surface area contributed by atoms with Gasteiger partial charge in [0.25, 0.3) is 0 Å². The maximum Gasteiger partial charge on any atom is 0.0738 e. The molecule has 1 atom stereocenters. The van der Waals surface area contributed by atoms with E-state index in [1.54, 1.807) is 0 Å². The van der Waals surface area contributed by atoms with Gasteiger partial charge in [-0.25, -0.2) is 0 Å². The van der Waals surface area contributed by atoms with Crippen LogP contribution in [-0.4, -0.2) is 15.1 Å². The molecule has 1 unspecified atom stereocenters. The Morgan fingerprint density at radius 2 is 1.95 bits per heavy atom. The molecule has 0 aliphatic rings. The summed E-state index contributed by atoms with van der Waals surface area (Å²) in [5.41, 5.74) is 5.06. The summed E-state index contributed by atoms with van der Waals surface area (Å²) in [6, 6.07) is 8.60. The summed E-state index contributed by atoms with van der Waals surface area (Å²) in [5, 5.41) is 5.42. The SMILES string of the molecule is Cc1ccccc1C(CBr)Cc1c(Br)c(C)nn1C. The van der Waals surface area contributed by atoms with E-state index in [0.717, 1.165) is 21.9 Å². The van der Waals surface area contributed by atoms with Crippen molar-refractivity contribution < 1.29 is 0 Å². The van der Waals surface area contributed by atoms with Crippen LogP contribution in [0.25, 0.3) is 0 Å². The van der Waals surface area contributed by atoms with Crippen molar-refractivity contribution in [3.8, 4) is 0 Å². The van der Waals surface area contributed by atoms with Crippen molar-refractivity contribution in [3.63, 3.8) is 0 Å². The molecule has 0 N–H and O–H groups in total. The molecule has 0 amide bonds. The Labute approximate surface area is 131 Å². The van der Waals surface area contributed by atoms with Gasteiger partial charge in [-0.1, -0.05) is 40.2 Å². The topological polar surface area (TPSA) is 17.8 Å². The molecule has 0 bridgehead atoms. The molecule has 102 valence electrons. The Balaban J connectivity index is 2.32. The zero-order valence-corrected chi connectivity index (χ0v) is 14.6. The van der Waals surface area contributed by atoms with E-state index in [4.69, 9.17) is 0 Å². The molecule has 0 aliphatic carbocycles. The Bertz CT molecular complexity index is 576. The van der Waals surface area contributed by atoms with E-state index in [9.17, 15) is 0 Å². The zero-order valence-electron chi connectivity index (χ0n) is 11.5. The summed E-state index contributed by atoms with van der Waals surface area (Å²) in [5.74, 6) is 0.465. The minimum atomic E-state index is 0.465. The number of rotatable bonds is 4. The number of aromatic nitrogens is 2. The summed E-state index contributed by atoms with van der Waals surface area (Å²) in [4.78, 5) is 0. The van der Waals surface area contributed by atoms with Crippen molar-refractivity contribution in [2.24, 2.45) is 7.05 Å². The molecule has 4 heteroatoms. The quantitative estimate of drug-likeness (QED) is 0.707. The molecular formula is C15H18Br2N2. The second-order valence-electron chi connectivity index (χ2n) is 4.88. The van der Waals surface area contributed by atoms with E-state index in [-0.39, 0.29) is 0 Å². The fraction of sp³-hybridized carbons (Fsp3) is 0.400. The van der Waals surface area contributed by atoms with Crippen LogP contribution < -0.4 is 0 Å². The highest BCUT2D eigenvalue weighted by molar-refractivity contribution is 9.10. The minimum absolute atomic E-state index is 0.465. The van der Waals surface area contributed by atoms with Crippen molar-refractivity contribution in [1.29, 1.82) is 0 Å². The maximum absolute atomic E-state index is 4.47. The van der Waals surface area contributed by atoms with Gasteiger partial charge in [0, 0.05) is 12.4 Å². The highest BCUT2D eigenvalue weighted by atomic mass is 79.9. The van der Waals surface area contributed by atoms with Crippen LogP contribution in [0.1, 0.15) is 28.4 Å². The average Bonchev–Trinajstić information content (AvgIpc) is 2.63. The Morgan fingerprint density at radius 1 is 1.26 bits per heavy atom. The van der Waals surface area contributed by atoms with Crippen molar-refractivity contribution in [2.75, 3.05) is 5.33 Å². The molecule has 0 fully saturated rings. The van der Waals surface area contributed by atoms with Gasteiger partial charge in [0.2, 0.25) is 0 Å². The number of nitrogens with zero attached hydrogens (tertiary/aromatic N) is 2. The van der Waals surface area contributed by atoms with Crippen LogP contribution in [0.4, 0.5) is 0 Å². The first-order valence-electron chi connectivity index (χ1n) is 6.34. The third kappa shape index (κ3) is 3.11. The van der Waals surface area contributed by atoms with Crippen LogP contribution in [-0.2, 0) is 13.5 Å². The first kappa shape index (κ1) is 14.8. The van der Waals surface area contributed by atoms with Crippen LogP contribution in [0.15, 0.2) is 28.7 Å². The lowest BCUT2D eigenvalue weighted by molar-refractivity contribution is 0.657. The highest BCUT2D eigenvalue weighted by Gasteiger charge is 2.18. The standard InChI is InChI=1S/C15H18Br2N2/c1-10-6-4-5-7-13(10)12(9-16)8-14-15(17)11(2)18-19(14)3/h4-7,12H,8-9H2,1-3H3. The molecule has 0 radical (unpaired) electrons. The van der Waals surface area contributed by atoms with Crippen molar-refractivity contribution >= 4 is 31.9 Å². The average molecular weight is 386 g/mol. The van der Waals surface area contributed by atoms with Crippen molar-refractivity contribution in [2.45, 2.75) is 26.2 Å². The van der Waals surface area contributed by atoms with Gasteiger partial charge in [0.15, 0.2) is 0 Å². The molecular weight excluding hydrogens is 368 g/mol. The second kappa shape index (κ2) is 6.23.